The summed E-state index contributed by atoms with van der Waals surface area (Å²) in [5.74, 6) is -0.317. The molecule has 5 nitrogen and oxygen atoms in total. The molecule has 2 rings (SSSR count). The van der Waals surface area contributed by atoms with E-state index in [-0.39, 0.29) is 11.5 Å². The minimum Gasteiger partial charge on any atom is -0.324 e. The van der Waals surface area contributed by atoms with Gasteiger partial charge in [0.2, 0.25) is 5.91 Å². The van der Waals surface area contributed by atoms with Gasteiger partial charge in [-0.2, -0.15) is 5.10 Å². The molecular weight excluding hydrogens is 266 g/mol. The Morgan fingerprint density at radius 1 is 1.32 bits per heavy atom. The number of aromatic nitrogens is 2. The highest BCUT2D eigenvalue weighted by Gasteiger charge is 2.16. The predicted molar refractivity (Wildman–Crippen MR) is 73.3 cm³/mol. The molecule has 0 bridgehead atoms. The molecule has 0 saturated carbocycles. The SMILES string of the molecule is CC(C(=O)Nc1ccc(Cl)cc1)n1ncccc1=O. The van der Waals surface area contributed by atoms with Gasteiger partial charge in [0, 0.05) is 23.0 Å². The van der Waals surface area contributed by atoms with Crippen molar-refractivity contribution in [3.63, 3.8) is 0 Å². The number of nitrogens with one attached hydrogen (secondary N) is 1. The van der Waals surface area contributed by atoms with Gasteiger partial charge in [-0.25, -0.2) is 4.68 Å². The van der Waals surface area contributed by atoms with Crippen molar-refractivity contribution >= 4 is 23.2 Å². The Balaban J connectivity index is 2.14. The van der Waals surface area contributed by atoms with Gasteiger partial charge in [-0.15, -0.1) is 0 Å². The lowest BCUT2D eigenvalue weighted by molar-refractivity contribution is -0.119. The summed E-state index contributed by atoms with van der Waals surface area (Å²) < 4.78 is 1.13. The Labute approximate surface area is 114 Å². The van der Waals surface area contributed by atoms with Crippen molar-refractivity contribution in [2.24, 2.45) is 0 Å². The molecular formula is C13H12ClN3O2. The van der Waals surface area contributed by atoms with E-state index in [4.69, 9.17) is 11.6 Å². The van der Waals surface area contributed by atoms with Crippen LogP contribution in [0, 0.1) is 0 Å². The van der Waals surface area contributed by atoms with Crippen LogP contribution in [0.3, 0.4) is 0 Å². The molecule has 2 aromatic rings. The zero-order chi connectivity index (χ0) is 13.8. The van der Waals surface area contributed by atoms with E-state index in [2.05, 4.69) is 10.4 Å². The van der Waals surface area contributed by atoms with Crippen LogP contribution >= 0.6 is 11.6 Å². The Bertz CT molecular complexity index is 637. The van der Waals surface area contributed by atoms with Crippen LogP contribution < -0.4 is 10.9 Å². The van der Waals surface area contributed by atoms with Gasteiger partial charge in [0.25, 0.3) is 5.56 Å². The van der Waals surface area contributed by atoms with Crippen LogP contribution in [0.15, 0.2) is 47.4 Å². The molecule has 1 aromatic carbocycles. The van der Waals surface area contributed by atoms with Gasteiger partial charge in [0.1, 0.15) is 6.04 Å². The molecule has 0 saturated heterocycles. The monoisotopic (exact) mass is 277 g/mol. The van der Waals surface area contributed by atoms with E-state index in [1.165, 1.54) is 18.3 Å². The Kier molecular flexibility index (Phi) is 3.97. The first kappa shape index (κ1) is 13.3. The highest BCUT2D eigenvalue weighted by atomic mass is 35.5. The molecule has 19 heavy (non-hydrogen) atoms. The van der Waals surface area contributed by atoms with Crippen LogP contribution in [0.4, 0.5) is 5.69 Å². The van der Waals surface area contributed by atoms with Crippen LogP contribution in [0.25, 0.3) is 0 Å². The van der Waals surface area contributed by atoms with Crippen LogP contribution in [-0.2, 0) is 4.79 Å². The van der Waals surface area contributed by atoms with Crippen molar-refractivity contribution in [2.75, 3.05) is 5.32 Å². The van der Waals surface area contributed by atoms with Crippen LogP contribution in [0.2, 0.25) is 5.02 Å². The van der Waals surface area contributed by atoms with Crippen molar-refractivity contribution in [2.45, 2.75) is 13.0 Å². The molecule has 1 atom stereocenters. The molecule has 0 aliphatic carbocycles. The van der Waals surface area contributed by atoms with E-state index in [9.17, 15) is 9.59 Å². The summed E-state index contributed by atoms with van der Waals surface area (Å²) in [4.78, 5) is 23.6. The first-order chi connectivity index (χ1) is 9.08. The number of halogens is 1. The number of rotatable bonds is 3. The third-order valence-corrected chi connectivity index (χ3v) is 2.85. The number of carbonyl (C=O) groups excluding carboxylic acids is 1. The van der Waals surface area contributed by atoms with Crippen molar-refractivity contribution < 1.29 is 4.79 Å². The summed E-state index contributed by atoms with van der Waals surface area (Å²) in [7, 11) is 0. The van der Waals surface area contributed by atoms with E-state index in [1.54, 1.807) is 31.2 Å². The minimum atomic E-state index is -0.690. The Morgan fingerprint density at radius 2 is 2.00 bits per heavy atom. The maximum absolute atomic E-state index is 12.0. The molecule has 6 heteroatoms. The number of amides is 1. The first-order valence-electron chi connectivity index (χ1n) is 5.68. The zero-order valence-electron chi connectivity index (χ0n) is 10.2. The minimum absolute atomic E-state index is 0.317. The highest BCUT2D eigenvalue weighted by Crippen LogP contribution is 2.14. The van der Waals surface area contributed by atoms with Crippen LogP contribution in [0.1, 0.15) is 13.0 Å². The van der Waals surface area contributed by atoms with E-state index in [0.29, 0.717) is 10.7 Å². The fraction of sp³-hybridized carbons (Fsp3) is 0.154. The quantitative estimate of drug-likeness (QED) is 0.934. The number of hydrogen-bond donors (Lipinski definition) is 1. The Morgan fingerprint density at radius 3 is 2.63 bits per heavy atom. The van der Waals surface area contributed by atoms with Gasteiger partial charge in [0.05, 0.1) is 0 Å². The standard InChI is InChI=1S/C13H12ClN3O2/c1-9(17-12(18)3-2-8-15-17)13(19)16-11-6-4-10(14)5-7-11/h2-9H,1H3,(H,16,19). The predicted octanol–water partition coefficient (Wildman–Crippen LogP) is 2.10. The summed E-state index contributed by atoms with van der Waals surface area (Å²) >= 11 is 5.76. The fourth-order valence-corrected chi connectivity index (χ4v) is 1.68. The number of hydrogen-bond acceptors (Lipinski definition) is 3. The normalized spacial score (nSPS) is 11.9. The number of benzene rings is 1. The summed E-state index contributed by atoms with van der Waals surface area (Å²) in [6.45, 7) is 1.61. The summed E-state index contributed by atoms with van der Waals surface area (Å²) in [6, 6.07) is 8.93. The van der Waals surface area contributed by atoms with Crippen molar-refractivity contribution in [3.8, 4) is 0 Å². The van der Waals surface area contributed by atoms with E-state index < -0.39 is 6.04 Å². The van der Waals surface area contributed by atoms with Crippen LogP contribution in [-0.4, -0.2) is 15.7 Å². The van der Waals surface area contributed by atoms with Gasteiger partial charge < -0.3 is 5.32 Å². The number of anilines is 1. The fourth-order valence-electron chi connectivity index (χ4n) is 1.55. The molecule has 0 aliphatic heterocycles. The van der Waals surface area contributed by atoms with Gasteiger partial charge in [-0.1, -0.05) is 11.6 Å². The molecule has 0 radical (unpaired) electrons. The van der Waals surface area contributed by atoms with Crippen molar-refractivity contribution in [3.05, 3.63) is 58.0 Å². The summed E-state index contributed by atoms with van der Waals surface area (Å²) in [5.41, 5.74) is 0.298. The highest BCUT2D eigenvalue weighted by molar-refractivity contribution is 6.30. The van der Waals surface area contributed by atoms with Gasteiger partial charge in [-0.05, 0) is 37.3 Å². The second kappa shape index (κ2) is 5.67. The van der Waals surface area contributed by atoms with E-state index in [0.717, 1.165) is 4.68 Å². The summed E-state index contributed by atoms with van der Waals surface area (Å²) in [6.07, 6.45) is 1.47. The molecule has 1 amide bonds. The number of carbonyl (C=O) groups is 1. The maximum atomic E-state index is 12.0. The largest absolute Gasteiger partial charge is 0.324 e. The Hall–Kier alpha value is -2.14. The van der Waals surface area contributed by atoms with Gasteiger partial charge >= 0.3 is 0 Å². The molecule has 1 heterocycles. The third kappa shape index (κ3) is 3.20. The number of nitrogens with zero attached hydrogens (tertiary/aromatic N) is 2. The molecule has 0 aliphatic rings. The van der Waals surface area contributed by atoms with E-state index in [1.807, 2.05) is 0 Å². The molecule has 0 spiro atoms. The molecule has 98 valence electrons. The second-order valence-corrected chi connectivity index (χ2v) is 4.42. The lowest BCUT2D eigenvalue weighted by Gasteiger charge is -2.13. The van der Waals surface area contributed by atoms with Crippen molar-refractivity contribution in [1.82, 2.24) is 9.78 Å². The van der Waals surface area contributed by atoms with Gasteiger partial charge in [-0.3, -0.25) is 9.59 Å². The average Bonchev–Trinajstić information content (AvgIpc) is 2.41. The smallest absolute Gasteiger partial charge is 0.267 e. The first-order valence-corrected chi connectivity index (χ1v) is 6.06. The second-order valence-electron chi connectivity index (χ2n) is 3.98. The van der Waals surface area contributed by atoms with Crippen LogP contribution in [0.5, 0.6) is 0 Å². The third-order valence-electron chi connectivity index (χ3n) is 2.60. The van der Waals surface area contributed by atoms with Gasteiger partial charge in [0.15, 0.2) is 0 Å². The zero-order valence-corrected chi connectivity index (χ0v) is 11.0. The maximum Gasteiger partial charge on any atom is 0.267 e. The lowest BCUT2D eigenvalue weighted by Crippen LogP contribution is -2.32. The van der Waals surface area contributed by atoms with E-state index >= 15 is 0 Å². The molecule has 1 unspecified atom stereocenters. The van der Waals surface area contributed by atoms with Crippen molar-refractivity contribution in [1.29, 1.82) is 0 Å². The topological polar surface area (TPSA) is 64.0 Å². The molecule has 1 aromatic heterocycles. The lowest BCUT2D eigenvalue weighted by atomic mass is 10.2. The average molecular weight is 278 g/mol. The molecule has 1 N–H and O–H groups in total. The molecule has 0 fully saturated rings. The summed E-state index contributed by atoms with van der Waals surface area (Å²) in [5, 5.41) is 7.16.